The maximum atomic E-state index is 12.6. The summed E-state index contributed by atoms with van der Waals surface area (Å²) in [6, 6.07) is 7.51. The molecule has 190 valence electrons. The van der Waals surface area contributed by atoms with E-state index in [-0.39, 0.29) is 11.9 Å². The van der Waals surface area contributed by atoms with Gasteiger partial charge in [-0.15, -0.1) is 0 Å². The lowest BCUT2D eigenvalue weighted by atomic mass is 9.79. The first-order chi connectivity index (χ1) is 16.7. The lowest BCUT2D eigenvalue weighted by Crippen LogP contribution is -2.25. The topological polar surface area (TPSA) is 35.5 Å². The molecule has 34 heavy (non-hydrogen) atoms. The molecule has 3 rings (SSSR count). The van der Waals surface area contributed by atoms with Crippen LogP contribution in [0.2, 0.25) is 0 Å². The molecule has 1 aromatic rings. The first kappa shape index (κ1) is 26.8. The van der Waals surface area contributed by atoms with Crippen LogP contribution < -0.4 is 9.47 Å². The third-order valence-corrected chi connectivity index (χ3v) is 8.05. The van der Waals surface area contributed by atoms with Gasteiger partial charge >= 0.3 is 5.97 Å². The van der Waals surface area contributed by atoms with Crippen LogP contribution in [-0.2, 0) is 4.79 Å². The minimum atomic E-state index is -0.0642. The second kappa shape index (κ2) is 15.3. The van der Waals surface area contributed by atoms with Crippen molar-refractivity contribution in [1.82, 2.24) is 0 Å². The highest BCUT2D eigenvalue weighted by Gasteiger charge is 2.27. The van der Waals surface area contributed by atoms with Crippen molar-refractivity contribution >= 4 is 5.97 Å². The Kier molecular flexibility index (Phi) is 12.1. The van der Waals surface area contributed by atoms with E-state index in [4.69, 9.17) is 9.47 Å². The average Bonchev–Trinajstić information content (AvgIpc) is 2.87. The molecule has 0 N–H and O–H groups in total. The lowest BCUT2D eigenvalue weighted by Gasteiger charge is -2.27. The number of allylic oxidation sites excluding steroid dienone is 1. The second-order valence-electron chi connectivity index (χ2n) is 10.8. The zero-order chi connectivity index (χ0) is 24.0. The van der Waals surface area contributed by atoms with Crippen molar-refractivity contribution in [2.24, 2.45) is 23.7 Å². The molecule has 0 bridgehead atoms. The molecule has 1 aromatic carbocycles. The SMILES string of the molecule is CCCCCC1CCC(/C=C/COc2ccc(OC(=O)C3CCC(CCCC)CC3)cc2)CC1. The molecular formula is C31H48O3. The number of carbonyl (C=O) groups excluding carboxylic acids is 1. The molecule has 3 nitrogen and oxygen atoms in total. The van der Waals surface area contributed by atoms with Crippen LogP contribution in [0.3, 0.4) is 0 Å². The maximum absolute atomic E-state index is 12.6. The van der Waals surface area contributed by atoms with Gasteiger partial charge in [-0.3, -0.25) is 4.79 Å². The summed E-state index contributed by atoms with van der Waals surface area (Å²) in [5.74, 6) is 3.92. The van der Waals surface area contributed by atoms with E-state index < -0.39 is 0 Å². The number of ether oxygens (including phenoxy) is 2. The summed E-state index contributed by atoms with van der Waals surface area (Å²) >= 11 is 0. The molecule has 0 aromatic heterocycles. The summed E-state index contributed by atoms with van der Waals surface area (Å²) in [5.41, 5.74) is 0. The fourth-order valence-corrected chi connectivity index (χ4v) is 5.73. The molecule has 0 unspecified atom stereocenters. The van der Waals surface area contributed by atoms with Crippen molar-refractivity contribution in [2.45, 2.75) is 110 Å². The minimum Gasteiger partial charge on any atom is -0.490 e. The summed E-state index contributed by atoms with van der Waals surface area (Å²) in [6.07, 6.45) is 23.7. The quantitative estimate of drug-likeness (QED) is 0.125. The molecule has 0 amide bonds. The largest absolute Gasteiger partial charge is 0.490 e. The van der Waals surface area contributed by atoms with Crippen molar-refractivity contribution in [2.75, 3.05) is 6.61 Å². The molecular weight excluding hydrogens is 420 g/mol. The number of esters is 1. The molecule has 2 fully saturated rings. The highest BCUT2D eigenvalue weighted by atomic mass is 16.5. The van der Waals surface area contributed by atoms with Gasteiger partial charge < -0.3 is 9.47 Å². The summed E-state index contributed by atoms with van der Waals surface area (Å²) in [5, 5.41) is 0. The van der Waals surface area contributed by atoms with Crippen molar-refractivity contribution in [1.29, 1.82) is 0 Å². The van der Waals surface area contributed by atoms with E-state index in [1.165, 1.54) is 83.5 Å². The average molecular weight is 469 g/mol. The Morgan fingerprint density at radius 3 is 2.03 bits per heavy atom. The number of rotatable bonds is 13. The Balaban J connectivity index is 1.30. The van der Waals surface area contributed by atoms with Crippen LogP contribution in [0.25, 0.3) is 0 Å². The van der Waals surface area contributed by atoms with E-state index in [1.807, 2.05) is 24.3 Å². The molecule has 3 heteroatoms. The van der Waals surface area contributed by atoms with Crippen molar-refractivity contribution in [3.05, 3.63) is 36.4 Å². The van der Waals surface area contributed by atoms with Gasteiger partial charge in [0, 0.05) is 0 Å². The smallest absolute Gasteiger partial charge is 0.314 e. The molecule has 0 saturated heterocycles. The van der Waals surface area contributed by atoms with Gasteiger partial charge in [0.1, 0.15) is 18.1 Å². The molecule has 0 aliphatic heterocycles. The number of carbonyl (C=O) groups is 1. The summed E-state index contributed by atoms with van der Waals surface area (Å²) in [6.45, 7) is 5.13. The predicted molar refractivity (Wildman–Crippen MR) is 141 cm³/mol. The van der Waals surface area contributed by atoms with Crippen molar-refractivity contribution in [3.63, 3.8) is 0 Å². The second-order valence-corrected chi connectivity index (χ2v) is 10.8. The van der Waals surface area contributed by atoms with Crippen LogP contribution in [-0.4, -0.2) is 12.6 Å². The fraction of sp³-hybridized carbons (Fsp3) is 0.710. The molecule has 2 saturated carbocycles. The summed E-state index contributed by atoms with van der Waals surface area (Å²) < 4.78 is 11.5. The monoisotopic (exact) mass is 468 g/mol. The van der Waals surface area contributed by atoms with E-state index in [1.54, 1.807) is 0 Å². The van der Waals surface area contributed by atoms with Gasteiger partial charge in [-0.1, -0.05) is 70.9 Å². The third-order valence-electron chi connectivity index (χ3n) is 8.05. The van der Waals surface area contributed by atoms with Gasteiger partial charge in [-0.25, -0.2) is 0 Å². The van der Waals surface area contributed by atoms with E-state index in [0.717, 1.165) is 36.3 Å². The highest BCUT2D eigenvalue weighted by Crippen LogP contribution is 2.34. The van der Waals surface area contributed by atoms with Crippen molar-refractivity contribution in [3.8, 4) is 11.5 Å². The molecule has 0 atom stereocenters. The fourth-order valence-electron chi connectivity index (χ4n) is 5.73. The van der Waals surface area contributed by atoms with Crippen LogP contribution in [0.4, 0.5) is 0 Å². The minimum absolute atomic E-state index is 0.0605. The lowest BCUT2D eigenvalue weighted by molar-refractivity contribution is -0.140. The van der Waals surface area contributed by atoms with Gasteiger partial charge in [0.05, 0.1) is 5.92 Å². The Morgan fingerprint density at radius 1 is 0.794 bits per heavy atom. The van der Waals surface area contributed by atoms with Crippen LogP contribution in [0, 0.1) is 23.7 Å². The highest BCUT2D eigenvalue weighted by molar-refractivity contribution is 5.75. The van der Waals surface area contributed by atoms with E-state index in [2.05, 4.69) is 26.0 Å². The molecule has 2 aliphatic carbocycles. The first-order valence-corrected chi connectivity index (χ1v) is 14.3. The van der Waals surface area contributed by atoms with Crippen LogP contribution >= 0.6 is 0 Å². The number of unbranched alkanes of at least 4 members (excludes halogenated alkanes) is 3. The number of benzene rings is 1. The zero-order valence-electron chi connectivity index (χ0n) is 21.8. The van der Waals surface area contributed by atoms with Crippen LogP contribution in [0.15, 0.2) is 36.4 Å². The van der Waals surface area contributed by atoms with E-state index in [9.17, 15) is 4.79 Å². The van der Waals surface area contributed by atoms with Gasteiger partial charge in [0.2, 0.25) is 0 Å². The number of hydrogen-bond acceptors (Lipinski definition) is 3. The Bertz CT molecular complexity index is 707. The predicted octanol–water partition coefficient (Wildman–Crippen LogP) is 8.91. The molecule has 2 aliphatic rings. The van der Waals surface area contributed by atoms with Gasteiger partial charge in [0.15, 0.2) is 0 Å². The molecule has 0 spiro atoms. The summed E-state index contributed by atoms with van der Waals surface area (Å²) in [4.78, 5) is 12.6. The molecule has 0 radical (unpaired) electrons. The van der Waals surface area contributed by atoms with Crippen LogP contribution in [0.1, 0.15) is 110 Å². The first-order valence-electron chi connectivity index (χ1n) is 14.3. The normalized spacial score (nSPS) is 25.4. The zero-order valence-corrected chi connectivity index (χ0v) is 21.8. The van der Waals surface area contributed by atoms with E-state index >= 15 is 0 Å². The Morgan fingerprint density at radius 2 is 1.38 bits per heavy atom. The summed E-state index contributed by atoms with van der Waals surface area (Å²) in [7, 11) is 0. The standard InChI is InChI=1S/C31H48O3/c1-3-5-7-10-26-12-14-27(15-13-26)11-8-24-33-29-20-22-30(23-21-29)34-31(32)28-18-16-25(17-19-28)9-6-4-2/h8,11,20-23,25-28H,3-7,9-10,12-19,24H2,1-2H3/b11-8+. The Labute approximate surface area is 208 Å². The Hall–Kier alpha value is -1.77. The van der Waals surface area contributed by atoms with Gasteiger partial charge in [0.25, 0.3) is 0 Å². The van der Waals surface area contributed by atoms with E-state index in [0.29, 0.717) is 12.4 Å². The van der Waals surface area contributed by atoms with Crippen molar-refractivity contribution < 1.29 is 14.3 Å². The number of hydrogen-bond donors (Lipinski definition) is 0. The molecule has 0 heterocycles. The maximum Gasteiger partial charge on any atom is 0.314 e. The van der Waals surface area contributed by atoms with Gasteiger partial charge in [-0.05, 0) is 93.4 Å². The van der Waals surface area contributed by atoms with Crippen LogP contribution in [0.5, 0.6) is 11.5 Å². The van der Waals surface area contributed by atoms with Gasteiger partial charge in [-0.2, -0.15) is 0 Å². The third kappa shape index (κ3) is 9.47.